The molecule has 1 unspecified atom stereocenters. The molecular weight excluding hydrogens is 270 g/mol. The van der Waals surface area contributed by atoms with E-state index in [1.807, 2.05) is 0 Å². The molecule has 1 aromatic carbocycles. The molecule has 1 aliphatic rings. The largest absolute Gasteiger partial charge is 0.488 e. The maximum absolute atomic E-state index is 11.2. The molecule has 0 aliphatic carbocycles. The first-order valence-corrected chi connectivity index (χ1v) is 5.82. The van der Waals surface area contributed by atoms with E-state index in [0.717, 1.165) is 0 Å². The van der Waals surface area contributed by atoms with Gasteiger partial charge in [0.2, 0.25) is 0 Å². The normalized spacial score (nSPS) is 21.4. The average molecular weight is 283 g/mol. The predicted octanol–water partition coefficient (Wildman–Crippen LogP) is 0.888. The van der Waals surface area contributed by atoms with Crippen molar-refractivity contribution in [1.29, 1.82) is 0 Å². The molecule has 8 heteroatoms. The van der Waals surface area contributed by atoms with E-state index in [2.05, 4.69) is 4.74 Å². The maximum atomic E-state index is 11.2. The van der Waals surface area contributed by atoms with E-state index in [-0.39, 0.29) is 18.9 Å². The number of carbonyl (C=O) groups excluding carboxylic acids is 1. The number of hydrogen-bond acceptors (Lipinski definition) is 7. The van der Waals surface area contributed by atoms with Crippen molar-refractivity contribution in [3.8, 4) is 5.75 Å². The van der Waals surface area contributed by atoms with Crippen molar-refractivity contribution in [2.24, 2.45) is 0 Å². The Kier molecular flexibility index (Phi) is 4.49. The van der Waals surface area contributed by atoms with Gasteiger partial charge < -0.3 is 18.9 Å². The molecule has 1 fully saturated rings. The molecule has 108 valence electrons. The van der Waals surface area contributed by atoms with Crippen LogP contribution in [0.2, 0.25) is 0 Å². The summed E-state index contributed by atoms with van der Waals surface area (Å²) in [7, 11) is 1.27. The quantitative estimate of drug-likeness (QED) is 0.449. The molecule has 0 amide bonds. The Hall–Kier alpha value is -2.19. The van der Waals surface area contributed by atoms with E-state index in [1.165, 1.54) is 31.4 Å². The van der Waals surface area contributed by atoms with E-state index in [9.17, 15) is 14.9 Å². The van der Waals surface area contributed by atoms with Crippen LogP contribution in [0.1, 0.15) is 0 Å². The first-order chi connectivity index (χ1) is 9.60. The molecule has 0 bridgehead atoms. The molecule has 2 rings (SSSR count). The van der Waals surface area contributed by atoms with Crippen LogP contribution in [-0.4, -0.2) is 43.6 Å². The van der Waals surface area contributed by atoms with E-state index >= 15 is 0 Å². The Labute approximate surface area is 114 Å². The predicted molar refractivity (Wildman–Crippen MR) is 65.2 cm³/mol. The first-order valence-electron chi connectivity index (χ1n) is 5.82. The summed E-state index contributed by atoms with van der Waals surface area (Å²) in [6.07, 6.45) is -1.42. The Morgan fingerprint density at radius 1 is 1.45 bits per heavy atom. The highest BCUT2D eigenvalue weighted by atomic mass is 16.7. The average Bonchev–Trinajstić information content (AvgIpc) is 2.93. The van der Waals surface area contributed by atoms with Crippen LogP contribution in [0.4, 0.5) is 5.69 Å². The topological polar surface area (TPSA) is 97.1 Å². The van der Waals surface area contributed by atoms with E-state index in [4.69, 9.17) is 14.2 Å². The van der Waals surface area contributed by atoms with Gasteiger partial charge in [-0.05, 0) is 12.1 Å². The van der Waals surface area contributed by atoms with Crippen molar-refractivity contribution in [2.45, 2.75) is 12.4 Å². The monoisotopic (exact) mass is 283 g/mol. The van der Waals surface area contributed by atoms with Gasteiger partial charge in [0.05, 0.1) is 18.6 Å². The fourth-order valence-electron chi connectivity index (χ4n) is 1.63. The zero-order valence-corrected chi connectivity index (χ0v) is 10.7. The number of rotatable bonds is 5. The third kappa shape index (κ3) is 3.43. The van der Waals surface area contributed by atoms with Gasteiger partial charge in [0, 0.05) is 12.1 Å². The van der Waals surface area contributed by atoms with Crippen molar-refractivity contribution >= 4 is 11.7 Å². The highest BCUT2D eigenvalue weighted by molar-refractivity contribution is 5.74. The molecule has 2 atom stereocenters. The Bertz CT molecular complexity index is 487. The van der Waals surface area contributed by atoms with Crippen molar-refractivity contribution in [3.63, 3.8) is 0 Å². The van der Waals surface area contributed by atoms with Gasteiger partial charge in [0.15, 0.2) is 12.4 Å². The molecule has 1 aliphatic heterocycles. The molecule has 0 N–H and O–H groups in total. The molecule has 1 saturated heterocycles. The molecule has 8 nitrogen and oxygen atoms in total. The highest BCUT2D eigenvalue weighted by Crippen LogP contribution is 2.19. The van der Waals surface area contributed by atoms with Crippen molar-refractivity contribution in [3.05, 3.63) is 34.4 Å². The van der Waals surface area contributed by atoms with Gasteiger partial charge in [0.1, 0.15) is 12.4 Å². The molecule has 0 radical (unpaired) electrons. The van der Waals surface area contributed by atoms with Gasteiger partial charge in [0.25, 0.3) is 5.69 Å². The summed E-state index contributed by atoms with van der Waals surface area (Å²) in [6.45, 7) is 0.187. The van der Waals surface area contributed by atoms with E-state index < -0.39 is 23.3 Å². The van der Waals surface area contributed by atoms with Crippen LogP contribution in [0.5, 0.6) is 5.75 Å². The number of benzene rings is 1. The van der Waals surface area contributed by atoms with Gasteiger partial charge in [-0.2, -0.15) is 0 Å². The number of nitrogens with zero attached hydrogens (tertiary/aromatic N) is 1. The molecule has 0 saturated carbocycles. The van der Waals surface area contributed by atoms with Crippen LogP contribution >= 0.6 is 0 Å². The van der Waals surface area contributed by atoms with Crippen LogP contribution in [0, 0.1) is 10.1 Å². The first kappa shape index (κ1) is 14.2. The third-order valence-electron chi connectivity index (χ3n) is 2.65. The fraction of sp³-hybridized carbons (Fsp3) is 0.417. The second kappa shape index (κ2) is 6.31. The number of ether oxygens (including phenoxy) is 4. The lowest BCUT2D eigenvalue weighted by atomic mass is 10.3. The number of nitro benzene ring substituents is 1. The lowest BCUT2D eigenvalue weighted by Crippen LogP contribution is -2.26. The molecule has 1 aromatic rings. The highest BCUT2D eigenvalue weighted by Gasteiger charge is 2.32. The van der Waals surface area contributed by atoms with Crippen LogP contribution < -0.4 is 4.74 Å². The minimum Gasteiger partial charge on any atom is -0.488 e. The van der Waals surface area contributed by atoms with E-state index in [0.29, 0.717) is 5.75 Å². The van der Waals surface area contributed by atoms with Gasteiger partial charge in [-0.25, -0.2) is 4.79 Å². The van der Waals surface area contributed by atoms with Crippen LogP contribution in [0.15, 0.2) is 24.3 Å². The zero-order chi connectivity index (χ0) is 14.5. The summed E-state index contributed by atoms with van der Waals surface area (Å²) in [5, 5.41) is 10.5. The summed E-state index contributed by atoms with van der Waals surface area (Å²) in [5.41, 5.74) is -0.0172. The smallest absolute Gasteiger partial charge is 0.337 e. The van der Waals surface area contributed by atoms with Crippen molar-refractivity contribution in [2.75, 3.05) is 20.3 Å². The second-order valence-corrected chi connectivity index (χ2v) is 3.97. The van der Waals surface area contributed by atoms with Crippen molar-refractivity contribution < 1.29 is 28.7 Å². The van der Waals surface area contributed by atoms with Gasteiger partial charge in [-0.15, -0.1) is 0 Å². The lowest BCUT2D eigenvalue weighted by Gasteiger charge is -2.11. The van der Waals surface area contributed by atoms with Gasteiger partial charge in [-0.1, -0.05) is 0 Å². The summed E-state index contributed by atoms with van der Waals surface area (Å²) >= 11 is 0. The van der Waals surface area contributed by atoms with Gasteiger partial charge >= 0.3 is 5.97 Å². The lowest BCUT2D eigenvalue weighted by molar-refractivity contribution is -0.384. The number of non-ortho nitro benzene ring substituents is 1. The minimum atomic E-state index is -0.745. The Morgan fingerprint density at radius 2 is 2.15 bits per heavy atom. The SMILES string of the molecule is COC(=O)C1CO[C@@H](COc2ccc([N+](=O)[O-])cc2)O1. The number of esters is 1. The molecular formula is C12H13NO7. The number of carbonyl (C=O) groups is 1. The maximum Gasteiger partial charge on any atom is 0.337 e. The molecule has 0 spiro atoms. The third-order valence-corrected chi connectivity index (χ3v) is 2.65. The number of hydrogen-bond donors (Lipinski definition) is 0. The summed E-state index contributed by atoms with van der Waals surface area (Å²) < 4.78 is 20.4. The molecule has 1 heterocycles. The summed E-state index contributed by atoms with van der Waals surface area (Å²) in [6, 6.07) is 5.63. The second-order valence-electron chi connectivity index (χ2n) is 3.97. The summed E-state index contributed by atoms with van der Waals surface area (Å²) in [4.78, 5) is 21.2. The van der Waals surface area contributed by atoms with Crippen molar-refractivity contribution in [1.82, 2.24) is 0 Å². The van der Waals surface area contributed by atoms with Crippen LogP contribution in [-0.2, 0) is 19.0 Å². The number of methoxy groups -OCH3 is 1. The molecule has 0 aromatic heterocycles. The zero-order valence-electron chi connectivity index (χ0n) is 10.7. The molecule has 20 heavy (non-hydrogen) atoms. The summed E-state index contributed by atoms with van der Waals surface area (Å²) in [5.74, 6) is -0.0489. The van der Waals surface area contributed by atoms with Gasteiger partial charge in [-0.3, -0.25) is 10.1 Å². The standard InChI is InChI=1S/C12H13NO7/c1-17-12(14)10-6-19-11(20-10)7-18-9-4-2-8(3-5-9)13(15)16/h2-5,10-11H,6-7H2,1H3/t10?,11-/m1/s1. The number of nitro groups is 1. The van der Waals surface area contributed by atoms with E-state index in [1.54, 1.807) is 0 Å². The van der Waals surface area contributed by atoms with Crippen LogP contribution in [0.3, 0.4) is 0 Å². The Morgan fingerprint density at radius 3 is 2.75 bits per heavy atom. The van der Waals surface area contributed by atoms with Crippen LogP contribution in [0.25, 0.3) is 0 Å². The minimum absolute atomic E-state index is 0.0172. The Balaban J connectivity index is 1.81. The fourth-order valence-corrected chi connectivity index (χ4v) is 1.63.